The molecule has 0 spiro atoms. The normalized spacial score (nSPS) is 11.1. The summed E-state index contributed by atoms with van der Waals surface area (Å²) in [6.45, 7) is 5.82. The van der Waals surface area contributed by atoms with E-state index in [0.29, 0.717) is 129 Å². The molecule has 24 rings (SSSR count). The van der Waals surface area contributed by atoms with Gasteiger partial charge in [0.2, 0.25) is 0 Å². The Kier molecular flexibility index (Phi) is 24.9. The summed E-state index contributed by atoms with van der Waals surface area (Å²) < 4.78 is 57.8. The molecule has 0 aliphatic heterocycles. The largest absolute Gasteiger partial charge is 0.397 e. The zero-order valence-electron chi connectivity index (χ0n) is 68.9. The first kappa shape index (κ1) is 88.2. The van der Waals surface area contributed by atoms with Crippen molar-refractivity contribution in [2.45, 2.75) is 50.1 Å². The van der Waals surface area contributed by atoms with Crippen LogP contribution in [0.25, 0.3) is 223 Å². The van der Waals surface area contributed by atoms with E-state index in [-0.39, 0.29) is 53.0 Å². The maximum Gasteiger partial charge on any atom is 0.159 e. The number of aryl methyl sites for hydroxylation is 1. The van der Waals surface area contributed by atoms with E-state index in [9.17, 15) is 17.6 Å². The van der Waals surface area contributed by atoms with Gasteiger partial charge in [0.25, 0.3) is 0 Å². The van der Waals surface area contributed by atoms with Gasteiger partial charge in [0.1, 0.15) is 68.1 Å². The number of halogens is 4. The monoisotopic (exact) mass is 1770 g/mol. The minimum Gasteiger partial charge on any atom is -0.397 e. The molecule has 8 aromatic carbocycles. The molecule has 0 aliphatic carbocycles. The number of H-pyrrole nitrogens is 8. The molecule has 16 heterocycles. The molecule has 0 fully saturated rings. The number of nitrogens with zero attached hydrogens (tertiary/aromatic N) is 16. The van der Waals surface area contributed by atoms with E-state index < -0.39 is 0 Å². The number of imidazole rings is 4. The van der Waals surface area contributed by atoms with Gasteiger partial charge in [0, 0.05) is 169 Å². The van der Waals surface area contributed by atoms with Gasteiger partial charge in [-0.2, -0.15) is 20.4 Å². The van der Waals surface area contributed by atoms with Gasteiger partial charge in [0.15, 0.2) is 23.3 Å². The summed E-state index contributed by atoms with van der Waals surface area (Å²) in [7, 11) is 0. The fourth-order valence-corrected chi connectivity index (χ4v) is 16.1. The molecule has 30 heteroatoms. The van der Waals surface area contributed by atoms with Gasteiger partial charge in [0.05, 0.1) is 74.6 Å². The molecule has 0 radical (unpaired) electrons. The third-order valence-corrected chi connectivity index (χ3v) is 22.5. The lowest BCUT2D eigenvalue weighted by atomic mass is 10.0. The quantitative estimate of drug-likeness (QED) is 0.0426. The summed E-state index contributed by atoms with van der Waals surface area (Å²) in [6.07, 6.45) is 27.6. The summed E-state index contributed by atoms with van der Waals surface area (Å²) in [6, 6.07) is 60.7. The van der Waals surface area contributed by atoms with Crippen molar-refractivity contribution in [3.63, 3.8) is 0 Å². The Balaban J connectivity index is 0.000000123. The molecule has 660 valence electrons. The Bertz CT molecular complexity index is 8390. The molecule has 24 aromatic rings. The molecule has 16 aromatic heterocycles. The second-order valence-corrected chi connectivity index (χ2v) is 30.7. The van der Waals surface area contributed by atoms with Crippen LogP contribution in [0.15, 0.2) is 299 Å². The average Bonchev–Trinajstić information content (AvgIpc) is 1.62. The second kappa shape index (κ2) is 37.9. The highest BCUT2D eigenvalue weighted by atomic mass is 19.1. The fourth-order valence-electron chi connectivity index (χ4n) is 16.1. The lowest BCUT2D eigenvalue weighted by Gasteiger charge is -2.06. The highest BCUT2D eigenvalue weighted by molar-refractivity contribution is 6.03. The van der Waals surface area contributed by atoms with Crippen LogP contribution >= 0.6 is 0 Å². The minimum absolute atomic E-state index is 0. The maximum absolute atomic E-state index is 14.5. The minimum atomic E-state index is -0.322. The zero-order chi connectivity index (χ0) is 87.9. The molecule has 0 bridgehead atoms. The smallest absolute Gasteiger partial charge is 0.159 e. The van der Waals surface area contributed by atoms with E-state index in [1.54, 1.807) is 147 Å². The van der Waals surface area contributed by atoms with E-state index >= 15 is 0 Å². The van der Waals surface area contributed by atoms with Crippen molar-refractivity contribution in [3.8, 4) is 135 Å². The van der Waals surface area contributed by atoms with Crippen LogP contribution < -0.4 is 11.1 Å². The van der Waals surface area contributed by atoms with Crippen molar-refractivity contribution in [2.24, 2.45) is 0 Å². The van der Waals surface area contributed by atoms with Gasteiger partial charge in [-0.1, -0.05) is 140 Å². The first-order valence-electron chi connectivity index (χ1n) is 41.3. The SMILES string of the molecule is C.C.C.C.CCNCc1cncc(-c2ccc3[nH]nc(-c4nc5c(-c6ccccc6F)cncc5[nH]4)c3c2)c1.Cc1ccncc1-c1ccc2[nH]nc(-c3nc4c(-c5ccccc5F)cncc4[nH]3)c2c1.Fc1ccccc1-c1cncc2[nH]c(-c3n[nH]c4ccc(-c5cccnc5)cc34)nc12.Nc1cncc(-c2ccc3[nH]nc(-c4nc5c(-c6ccccc6F)cncc5[nH]4)c3c2)c1. The van der Waals surface area contributed by atoms with E-state index in [4.69, 9.17) is 25.7 Å². The van der Waals surface area contributed by atoms with Crippen LogP contribution in [0, 0.1) is 30.2 Å². The number of nitrogens with two attached hydrogens (primary N) is 1. The summed E-state index contributed by atoms with van der Waals surface area (Å²) in [5.41, 5.74) is 33.0. The Morgan fingerprint density at radius 3 is 0.970 bits per heavy atom. The molecule has 0 aliphatic rings. The van der Waals surface area contributed by atoms with Crippen molar-refractivity contribution >= 4 is 93.4 Å². The Morgan fingerprint density at radius 2 is 0.612 bits per heavy atom. The van der Waals surface area contributed by atoms with Gasteiger partial charge >= 0.3 is 0 Å². The van der Waals surface area contributed by atoms with Gasteiger partial charge < -0.3 is 31.0 Å². The van der Waals surface area contributed by atoms with E-state index in [1.807, 2.05) is 97.6 Å². The molecule has 11 N–H and O–H groups in total. The van der Waals surface area contributed by atoms with Crippen LogP contribution in [0.3, 0.4) is 0 Å². The molecular weight excluding hydrogens is 1690 g/mol. The molecule has 0 saturated heterocycles. The number of nitrogen functional groups attached to an aromatic ring is 1. The maximum atomic E-state index is 14.5. The number of anilines is 1. The third-order valence-electron chi connectivity index (χ3n) is 22.5. The predicted octanol–water partition coefficient (Wildman–Crippen LogP) is 24.0. The van der Waals surface area contributed by atoms with E-state index in [2.05, 4.69) is 150 Å². The number of nitrogens with one attached hydrogen (secondary N) is 9. The molecule has 0 saturated carbocycles. The summed E-state index contributed by atoms with van der Waals surface area (Å²) in [4.78, 5) is 66.5. The van der Waals surface area contributed by atoms with Crippen LogP contribution in [0.5, 0.6) is 0 Å². The number of hydrogen-bond acceptors (Lipinski definition) is 18. The molecule has 0 unspecified atom stereocenters. The molecule has 134 heavy (non-hydrogen) atoms. The first-order chi connectivity index (χ1) is 63.8. The molecular formula is C104H86F4N26. The van der Waals surface area contributed by atoms with Crippen LogP contribution in [0.2, 0.25) is 0 Å². The van der Waals surface area contributed by atoms with Crippen molar-refractivity contribution < 1.29 is 17.6 Å². The highest BCUT2D eigenvalue weighted by Crippen LogP contribution is 2.41. The molecule has 0 amide bonds. The predicted molar refractivity (Wildman–Crippen MR) is 524 cm³/mol. The summed E-state index contributed by atoms with van der Waals surface area (Å²) >= 11 is 0. The molecule has 26 nitrogen and oxygen atoms in total. The van der Waals surface area contributed by atoms with Gasteiger partial charge in [-0.25, -0.2) is 37.5 Å². The Labute approximate surface area is 763 Å². The van der Waals surface area contributed by atoms with Crippen molar-refractivity contribution in [1.82, 2.24) is 126 Å². The van der Waals surface area contributed by atoms with Crippen LogP contribution in [-0.2, 0) is 6.54 Å². The van der Waals surface area contributed by atoms with Crippen molar-refractivity contribution in [1.29, 1.82) is 0 Å². The summed E-state index contributed by atoms with van der Waals surface area (Å²) in [5.74, 6) is 1.09. The zero-order valence-corrected chi connectivity index (χ0v) is 68.9. The topological polar surface area (TPSA) is 371 Å². The standard InChI is InChI=1S/C27H22FN7.C25H17FN6.C24H16FN7.C24H15FN6.4CH4/c1-2-29-11-16-9-18(13-30-12-16)17-7-8-23-20(10-17)26(35-34-23)27-32-24-15-31-14-21(25(24)33-27)19-5-3-4-6-22(19)28;1-14-8-9-27-11-18(14)15-6-7-21-17(10-15)24(32-31-21)25-29-22-13-28-12-19(23(22)30-25)16-4-2-3-5-20(16)26;25-19-4-2-1-3-16(19)18-11-28-12-21-22(18)30-24(29-21)23-17-8-13(5-6-20(17)31-32-23)14-7-15(26)10-27-9-14;25-19-6-2-1-5-16(19)18-12-27-13-21-22(18)29-24(28-21)23-17-10-14(7-8-20(17)30-31-23)15-4-3-9-26-11-15;;;;/h3-10,12-15,29H,2,11H2,1H3,(H,32,33)(H,34,35);2-13H,1H3,(H,29,30)(H,31,32);1-12H,26H2,(H,29,30)(H,31,32);1-13H,(H,28,29)(H,30,31);4*1H4. The molecule has 0 atom stereocenters. The summed E-state index contributed by atoms with van der Waals surface area (Å²) in [5, 5.41) is 37.3. The van der Waals surface area contributed by atoms with Crippen LogP contribution in [-0.4, -0.2) is 127 Å². The average molecular weight is 1780 g/mol. The van der Waals surface area contributed by atoms with Crippen LogP contribution in [0.4, 0.5) is 23.2 Å². The number of hydrogen-bond donors (Lipinski definition) is 10. The highest BCUT2D eigenvalue weighted by Gasteiger charge is 2.24. The van der Waals surface area contributed by atoms with Gasteiger partial charge in [-0.3, -0.25) is 60.3 Å². The number of aromatic amines is 8. The van der Waals surface area contributed by atoms with Crippen molar-refractivity contribution in [3.05, 3.63) is 334 Å². The van der Waals surface area contributed by atoms with E-state index in [0.717, 1.165) is 123 Å². The lowest BCUT2D eigenvalue weighted by molar-refractivity contribution is 0.631. The lowest BCUT2D eigenvalue weighted by Crippen LogP contribution is -2.11. The number of aromatic nitrogens is 24. The Hall–Kier alpha value is -17.8. The Morgan fingerprint density at radius 1 is 0.284 bits per heavy atom. The third kappa shape index (κ3) is 17.0. The van der Waals surface area contributed by atoms with Crippen LogP contribution in [0.1, 0.15) is 47.8 Å². The van der Waals surface area contributed by atoms with Crippen molar-refractivity contribution in [2.75, 3.05) is 12.3 Å². The number of pyridine rings is 8. The first-order valence-corrected chi connectivity index (χ1v) is 41.3. The number of benzene rings is 8. The number of rotatable bonds is 15. The van der Waals surface area contributed by atoms with Gasteiger partial charge in [-0.05, 0) is 144 Å². The van der Waals surface area contributed by atoms with E-state index in [1.165, 1.54) is 24.3 Å². The second-order valence-electron chi connectivity index (χ2n) is 30.7. The number of fused-ring (bicyclic) bond motifs is 8. The van der Waals surface area contributed by atoms with Gasteiger partial charge in [-0.15, -0.1) is 0 Å². The fraction of sp³-hybridized carbons (Fsp3) is 0.0769.